The molecule has 0 unspecified atom stereocenters. The van der Waals surface area contributed by atoms with Crippen LogP contribution in [0.1, 0.15) is 12.0 Å². The zero-order chi connectivity index (χ0) is 13.2. The maximum atomic E-state index is 13.7. The monoisotopic (exact) mass is 277 g/mol. The molecule has 1 aromatic rings. The van der Waals surface area contributed by atoms with E-state index in [9.17, 15) is 23.8 Å². The molecule has 1 aromatic carbocycles. The largest absolute Gasteiger partial charge is 0.325 e. The van der Waals surface area contributed by atoms with Gasteiger partial charge >= 0.3 is 10.2 Å². The molecule has 8 heteroatoms. The first kappa shape index (κ1) is 12.6. The predicted octanol–water partition coefficient (Wildman–Crippen LogP) is 4.24. The quantitative estimate of drug-likeness (QED) is 0.804. The van der Waals surface area contributed by atoms with E-state index >= 15 is 0 Å². The number of halogens is 6. The molecule has 1 saturated carbocycles. The van der Waals surface area contributed by atoms with E-state index in [2.05, 4.69) is 0 Å². The molecule has 98 valence electrons. The molecule has 0 radical (unpaired) electrons. The summed E-state index contributed by atoms with van der Waals surface area (Å²) >= 11 is 0. The lowest BCUT2D eigenvalue weighted by molar-refractivity contribution is 0.305. The van der Waals surface area contributed by atoms with Gasteiger partial charge in [-0.25, -0.2) is 4.39 Å². The molecule has 1 aliphatic rings. The Morgan fingerprint density at radius 2 is 1.47 bits per heavy atom. The van der Waals surface area contributed by atoms with Crippen molar-refractivity contribution in [3.05, 3.63) is 29.8 Å². The molecule has 0 spiro atoms. The van der Waals surface area contributed by atoms with Gasteiger partial charge in [-0.1, -0.05) is 31.6 Å². The van der Waals surface area contributed by atoms with Crippen molar-refractivity contribution in [1.29, 1.82) is 0 Å². The minimum absolute atomic E-state index is 0.0112. The van der Waals surface area contributed by atoms with Crippen molar-refractivity contribution in [2.45, 2.75) is 23.0 Å². The fourth-order valence-electron chi connectivity index (χ4n) is 1.58. The second-order valence-corrected chi connectivity index (χ2v) is 6.58. The SMILES string of the molecule is N[C@H]1C[C@]1(F)c1ccc(S(F)(F)(F)(F)F)cc1. The van der Waals surface area contributed by atoms with Crippen LogP contribution >= 0.6 is 10.2 Å². The fourth-order valence-corrected chi connectivity index (χ4v) is 2.23. The summed E-state index contributed by atoms with van der Waals surface area (Å²) in [5.41, 5.74) is 3.29. The second kappa shape index (κ2) is 2.59. The molecule has 0 aliphatic heterocycles. The number of hydrogen-bond acceptors (Lipinski definition) is 1. The molecular weight excluding hydrogens is 268 g/mol. The van der Waals surface area contributed by atoms with Crippen LogP contribution in [0.15, 0.2) is 29.2 Å². The highest BCUT2D eigenvalue weighted by Gasteiger charge is 2.65. The Labute approximate surface area is 93.3 Å². The first-order chi connectivity index (χ1) is 7.33. The normalized spacial score (nSPS) is 32.8. The third kappa shape index (κ3) is 2.23. The highest BCUT2D eigenvalue weighted by Crippen LogP contribution is 3.02. The van der Waals surface area contributed by atoms with Gasteiger partial charge in [0.15, 0.2) is 5.67 Å². The van der Waals surface area contributed by atoms with Gasteiger partial charge in [-0.2, -0.15) is 0 Å². The van der Waals surface area contributed by atoms with E-state index in [4.69, 9.17) is 5.73 Å². The topological polar surface area (TPSA) is 26.0 Å². The predicted molar refractivity (Wildman–Crippen MR) is 53.2 cm³/mol. The molecule has 1 nitrogen and oxygen atoms in total. The summed E-state index contributed by atoms with van der Waals surface area (Å²) in [5.74, 6) is 0. The van der Waals surface area contributed by atoms with Crippen LogP contribution in [0.5, 0.6) is 0 Å². The molecule has 17 heavy (non-hydrogen) atoms. The van der Waals surface area contributed by atoms with Crippen LogP contribution in [-0.4, -0.2) is 6.04 Å². The van der Waals surface area contributed by atoms with Crippen molar-refractivity contribution < 1.29 is 23.8 Å². The van der Waals surface area contributed by atoms with Crippen molar-refractivity contribution in [2.75, 3.05) is 0 Å². The maximum absolute atomic E-state index is 13.7. The molecule has 1 fully saturated rings. The lowest BCUT2D eigenvalue weighted by Crippen LogP contribution is -2.13. The average Bonchev–Trinajstić information content (AvgIpc) is 2.73. The van der Waals surface area contributed by atoms with Gasteiger partial charge in [0.25, 0.3) is 0 Å². The number of hydrogen-bond donors (Lipinski definition) is 1. The van der Waals surface area contributed by atoms with E-state index in [1.807, 2.05) is 0 Å². The van der Waals surface area contributed by atoms with Gasteiger partial charge in [-0.15, -0.1) is 0 Å². The van der Waals surface area contributed by atoms with Gasteiger partial charge < -0.3 is 5.73 Å². The Kier molecular flexibility index (Phi) is 1.91. The van der Waals surface area contributed by atoms with Gasteiger partial charge in [0.2, 0.25) is 0 Å². The van der Waals surface area contributed by atoms with Crippen LogP contribution in [0.2, 0.25) is 0 Å². The maximum Gasteiger partial charge on any atom is 0.310 e. The first-order valence-corrected chi connectivity index (χ1v) is 6.57. The Morgan fingerprint density at radius 1 is 1.06 bits per heavy atom. The van der Waals surface area contributed by atoms with Crippen LogP contribution in [-0.2, 0) is 5.67 Å². The number of nitrogens with two attached hydrogens (primary N) is 1. The summed E-state index contributed by atoms with van der Waals surface area (Å²) in [5, 5.41) is 0. The van der Waals surface area contributed by atoms with E-state index in [1.165, 1.54) is 0 Å². The van der Waals surface area contributed by atoms with Crippen LogP contribution in [0.25, 0.3) is 0 Å². The molecule has 0 saturated heterocycles. The Bertz CT molecular complexity index is 466. The average molecular weight is 277 g/mol. The van der Waals surface area contributed by atoms with Crippen LogP contribution in [0, 0.1) is 0 Å². The Morgan fingerprint density at radius 3 is 1.76 bits per heavy atom. The highest BCUT2D eigenvalue weighted by atomic mass is 32.5. The lowest BCUT2D eigenvalue weighted by Gasteiger charge is -2.40. The van der Waals surface area contributed by atoms with Gasteiger partial charge in [0.05, 0.1) is 0 Å². The lowest BCUT2D eigenvalue weighted by atomic mass is 10.1. The minimum Gasteiger partial charge on any atom is -0.325 e. The summed E-state index contributed by atoms with van der Waals surface area (Å²) in [6.07, 6.45) is -0.0112. The van der Waals surface area contributed by atoms with Gasteiger partial charge in [0.1, 0.15) is 4.90 Å². The third-order valence-electron chi connectivity index (χ3n) is 2.72. The number of alkyl halides is 1. The molecule has 0 bridgehead atoms. The van der Waals surface area contributed by atoms with Crippen molar-refractivity contribution in [1.82, 2.24) is 0 Å². The summed E-state index contributed by atoms with van der Waals surface area (Å²) in [4.78, 5) is -2.02. The van der Waals surface area contributed by atoms with E-state index in [0.29, 0.717) is 12.1 Å². The summed E-state index contributed by atoms with van der Waals surface area (Å²) in [6, 6.07) is 1.03. The Hall–Kier alpha value is -0.890. The van der Waals surface area contributed by atoms with E-state index in [-0.39, 0.29) is 24.1 Å². The van der Waals surface area contributed by atoms with Crippen LogP contribution in [0.3, 0.4) is 0 Å². The molecule has 0 aromatic heterocycles. The van der Waals surface area contributed by atoms with E-state index < -0.39 is 26.8 Å². The Balaban J connectivity index is 2.39. The molecule has 0 amide bonds. The van der Waals surface area contributed by atoms with Crippen LogP contribution in [0.4, 0.5) is 23.8 Å². The standard InChI is InChI=1S/C9H9F6NS/c10-9(5-8(9)16)6-1-3-7(4-2-6)17(11,12,13,14)15/h1-4,8H,5,16H2/t8-,9-/m0/s1. The minimum atomic E-state index is -9.67. The fraction of sp³-hybridized carbons (Fsp3) is 0.333. The smallest absolute Gasteiger partial charge is 0.310 e. The van der Waals surface area contributed by atoms with Crippen molar-refractivity contribution in [3.63, 3.8) is 0 Å². The first-order valence-electron chi connectivity index (χ1n) is 4.62. The van der Waals surface area contributed by atoms with E-state index in [0.717, 1.165) is 0 Å². The molecule has 2 atom stereocenters. The van der Waals surface area contributed by atoms with E-state index in [1.54, 1.807) is 0 Å². The van der Waals surface area contributed by atoms with Crippen molar-refractivity contribution in [3.8, 4) is 0 Å². The summed E-state index contributed by atoms with van der Waals surface area (Å²) in [7, 11) is -9.67. The van der Waals surface area contributed by atoms with Crippen LogP contribution < -0.4 is 5.73 Å². The molecular formula is C9H9F6NS. The molecule has 2 N–H and O–H groups in total. The van der Waals surface area contributed by atoms with Gasteiger partial charge in [-0.05, 0) is 17.7 Å². The molecule has 0 heterocycles. The third-order valence-corrected chi connectivity index (χ3v) is 3.89. The zero-order valence-electron chi connectivity index (χ0n) is 8.35. The number of rotatable bonds is 2. The van der Waals surface area contributed by atoms with Gasteiger partial charge in [0, 0.05) is 12.5 Å². The summed E-state index contributed by atoms with van der Waals surface area (Å²) < 4.78 is 75.4. The second-order valence-electron chi connectivity index (χ2n) is 4.17. The van der Waals surface area contributed by atoms with Crippen molar-refractivity contribution in [2.24, 2.45) is 5.73 Å². The highest BCUT2D eigenvalue weighted by molar-refractivity contribution is 8.45. The summed E-state index contributed by atoms with van der Waals surface area (Å²) in [6.45, 7) is 0. The number of benzene rings is 1. The zero-order valence-corrected chi connectivity index (χ0v) is 9.16. The molecule has 2 rings (SSSR count). The molecule has 1 aliphatic carbocycles. The van der Waals surface area contributed by atoms with Crippen molar-refractivity contribution >= 4 is 10.2 Å². The van der Waals surface area contributed by atoms with Gasteiger partial charge in [-0.3, -0.25) is 0 Å².